The molecule has 25 heavy (non-hydrogen) atoms. The van der Waals surface area contributed by atoms with Crippen molar-refractivity contribution in [3.8, 4) is 17.1 Å². The van der Waals surface area contributed by atoms with Gasteiger partial charge >= 0.3 is 0 Å². The molecule has 2 heterocycles. The van der Waals surface area contributed by atoms with Crippen LogP contribution in [0, 0.1) is 0 Å². The Morgan fingerprint density at radius 2 is 1.76 bits per heavy atom. The number of nitrogens with zero attached hydrogens (tertiary/aromatic N) is 3. The van der Waals surface area contributed by atoms with Crippen LogP contribution in [-0.4, -0.2) is 41.1 Å². The average Bonchev–Trinajstić information content (AvgIpc) is 2.80. The van der Waals surface area contributed by atoms with Crippen molar-refractivity contribution < 1.29 is 4.74 Å². The van der Waals surface area contributed by atoms with Gasteiger partial charge in [-0.3, -0.25) is 4.90 Å². The van der Waals surface area contributed by atoms with Crippen LogP contribution >= 0.6 is 24.8 Å². The molecular formula is C18H26Cl2N4O. The Hall–Kier alpha value is -1.40. The van der Waals surface area contributed by atoms with E-state index in [2.05, 4.69) is 14.9 Å². The lowest BCUT2D eigenvalue weighted by molar-refractivity contribution is 0.275. The van der Waals surface area contributed by atoms with Crippen molar-refractivity contribution in [1.29, 1.82) is 0 Å². The van der Waals surface area contributed by atoms with E-state index in [1.807, 2.05) is 36.7 Å². The lowest BCUT2D eigenvalue weighted by atomic mass is 10.1. The molecule has 7 heteroatoms. The molecule has 1 atom stereocenters. The largest absolute Gasteiger partial charge is 0.497 e. The maximum Gasteiger partial charge on any atom is 0.159 e. The molecule has 138 valence electrons. The molecule has 0 saturated carbocycles. The Morgan fingerprint density at radius 3 is 2.40 bits per heavy atom. The van der Waals surface area contributed by atoms with Gasteiger partial charge in [0.2, 0.25) is 0 Å². The number of benzene rings is 1. The number of hydrogen-bond donors (Lipinski definition) is 1. The fourth-order valence-electron chi connectivity index (χ4n) is 2.92. The summed E-state index contributed by atoms with van der Waals surface area (Å²) in [5.41, 5.74) is 8.18. The SMILES string of the molecule is COc1ccc(-c2ncc(CN3CCCC(N)CC3)cn2)cc1.Cl.Cl. The number of likely N-dealkylation sites (tertiary alicyclic amines) is 1. The van der Waals surface area contributed by atoms with Gasteiger partial charge in [0, 0.05) is 36.1 Å². The number of ether oxygens (including phenoxy) is 1. The number of nitrogens with two attached hydrogens (primary N) is 1. The van der Waals surface area contributed by atoms with Crippen molar-refractivity contribution in [3.63, 3.8) is 0 Å². The smallest absolute Gasteiger partial charge is 0.159 e. The average molecular weight is 385 g/mol. The molecule has 0 spiro atoms. The second-order valence-electron chi connectivity index (χ2n) is 6.11. The predicted molar refractivity (Wildman–Crippen MR) is 106 cm³/mol. The molecule has 1 saturated heterocycles. The third-order valence-corrected chi connectivity index (χ3v) is 4.33. The Labute approximate surface area is 161 Å². The first-order valence-corrected chi connectivity index (χ1v) is 8.18. The zero-order valence-corrected chi connectivity index (χ0v) is 16.1. The summed E-state index contributed by atoms with van der Waals surface area (Å²) in [6.07, 6.45) is 7.23. The second kappa shape index (κ2) is 10.6. The van der Waals surface area contributed by atoms with Gasteiger partial charge in [-0.05, 0) is 56.6 Å². The van der Waals surface area contributed by atoms with Crippen molar-refractivity contribution in [2.24, 2.45) is 5.73 Å². The van der Waals surface area contributed by atoms with E-state index in [-0.39, 0.29) is 24.8 Å². The Bertz CT molecular complexity index is 622. The maximum absolute atomic E-state index is 6.03. The molecule has 1 aliphatic heterocycles. The van der Waals surface area contributed by atoms with E-state index in [0.29, 0.717) is 6.04 Å². The van der Waals surface area contributed by atoms with E-state index < -0.39 is 0 Å². The molecule has 5 nitrogen and oxygen atoms in total. The quantitative estimate of drug-likeness (QED) is 0.875. The summed E-state index contributed by atoms with van der Waals surface area (Å²) >= 11 is 0. The summed E-state index contributed by atoms with van der Waals surface area (Å²) in [6, 6.07) is 8.16. The summed E-state index contributed by atoms with van der Waals surface area (Å²) in [7, 11) is 1.66. The molecular weight excluding hydrogens is 359 g/mol. The summed E-state index contributed by atoms with van der Waals surface area (Å²) in [4.78, 5) is 11.5. The van der Waals surface area contributed by atoms with Gasteiger partial charge in [0.25, 0.3) is 0 Å². The summed E-state index contributed by atoms with van der Waals surface area (Å²) in [5, 5.41) is 0. The molecule has 1 aromatic carbocycles. The van der Waals surface area contributed by atoms with Crippen LogP contribution in [0.5, 0.6) is 5.75 Å². The standard InChI is InChI=1S/C18H24N4O.2ClH/c1-23-17-6-4-15(5-7-17)18-20-11-14(12-21-18)13-22-9-2-3-16(19)8-10-22;;/h4-7,11-12,16H,2-3,8-10,13,19H2,1H3;2*1H. The van der Waals surface area contributed by atoms with Crippen LogP contribution in [-0.2, 0) is 6.54 Å². The first-order chi connectivity index (χ1) is 11.2. The van der Waals surface area contributed by atoms with Crippen LogP contribution in [0.3, 0.4) is 0 Å². The minimum atomic E-state index is 0. The van der Waals surface area contributed by atoms with Crippen LogP contribution in [0.25, 0.3) is 11.4 Å². The molecule has 0 amide bonds. The fraction of sp³-hybridized carbons (Fsp3) is 0.444. The minimum Gasteiger partial charge on any atom is -0.497 e. The molecule has 1 fully saturated rings. The van der Waals surface area contributed by atoms with Crippen LogP contribution in [0.4, 0.5) is 0 Å². The van der Waals surface area contributed by atoms with Gasteiger partial charge in [0.15, 0.2) is 5.82 Å². The third kappa shape index (κ3) is 6.12. The van der Waals surface area contributed by atoms with Crippen LogP contribution in [0.2, 0.25) is 0 Å². The number of hydrogen-bond acceptors (Lipinski definition) is 5. The number of halogens is 2. The van der Waals surface area contributed by atoms with E-state index in [0.717, 1.165) is 55.2 Å². The first kappa shape index (κ1) is 21.6. The lowest BCUT2D eigenvalue weighted by Crippen LogP contribution is -2.26. The molecule has 0 radical (unpaired) electrons. The van der Waals surface area contributed by atoms with Crippen LogP contribution in [0.1, 0.15) is 24.8 Å². The van der Waals surface area contributed by atoms with Crippen LogP contribution in [0.15, 0.2) is 36.7 Å². The van der Waals surface area contributed by atoms with Crippen molar-refractivity contribution in [2.45, 2.75) is 31.8 Å². The summed E-state index contributed by atoms with van der Waals surface area (Å²) < 4.78 is 5.17. The van der Waals surface area contributed by atoms with Gasteiger partial charge in [-0.2, -0.15) is 0 Å². The highest BCUT2D eigenvalue weighted by Crippen LogP contribution is 2.19. The molecule has 2 aromatic rings. The monoisotopic (exact) mass is 384 g/mol. The molecule has 2 N–H and O–H groups in total. The fourth-order valence-corrected chi connectivity index (χ4v) is 2.92. The van der Waals surface area contributed by atoms with E-state index in [4.69, 9.17) is 10.5 Å². The topological polar surface area (TPSA) is 64.3 Å². The molecule has 1 aromatic heterocycles. The van der Waals surface area contributed by atoms with E-state index >= 15 is 0 Å². The summed E-state index contributed by atoms with van der Waals surface area (Å²) in [6.45, 7) is 3.06. The van der Waals surface area contributed by atoms with Gasteiger partial charge in [-0.1, -0.05) is 0 Å². The zero-order chi connectivity index (χ0) is 16.1. The predicted octanol–water partition coefficient (Wildman–Crippen LogP) is 3.31. The first-order valence-electron chi connectivity index (χ1n) is 8.18. The Balaban J connectivity index is 0.00000156. The van der Waals surface area contributed by atoms with E-state index in [1.54, 1.807) is 7.11 Å². The van der Waals surface area contributed by atoms with Crippen molar-refractivity contribution in [2.75, 3.05) is 20.2 Å². The summed E-state index contributed by atoms with van der Waals surface area (Å²) in [5.74, 6) is 1.58. The minimum absolute atomic E-state index is 0. The van der Waals surface area contributed by atoms with Gasteiger partial charge in [-0.25, -0.2) is 9.97 Å². The maximum atomic E-state index is 6.03. The lowest BCUT2D eigenvalue weighted by Gasteiger charge is -2.19. The van der Waals surface area contributed by atoms with Crippen molar-refractivity contribution in [3.05, 3.63) is 42.2 Å². The van der Waals surface area contributed by atoms with Gasteiger partial charge in [0.05, 0.1) is 7.11 Å². The van der Waals surface area contributed by atoms with Crippen molar-refractivity contribution >= 4 is 24.8 Å². The van der Waals surface area contributed by atoms with Crippen LogP contribution < -0.4 is 10.5 Å². The van der Waals surface area contributed by atoms with Crippen molar-refractivity contribution in [1.82, 2.24) is 14.9 Å². The highest BCUT2D eigenvalue weighted by molar-refractivity contribution is 5.85. The molecule has 0 bridgehead atoms. The Kier molecular flexibility index (Phi) is 9.14. The highest BCUT2D eigenvalue weighted by Gasteiger charge is 2.14. The number of methoxy groups -OCH3 is 1. The van der Waals surface area contributed by atoms with Gasteiger partial charge in [0.1, 0.15) is 5.75 Å². The Morgan fingerprint density at radius 1 is 1.08 bits per heavy atom. The van der Waals surface area contributed by atoms with Gasteiger partial charge in [-0.15, -0.1) is 24.8 Å². The zero-order valence-electron chi connectivity index (χ0n) is 14.4. The normalized spacial score (nSPS) is 17.8. The molecule has 1 aliphatic rings. The highest BCUT2D eigenvalue weighted by atomic mass is 35.5. The van der Waals surface area contributed by atoms with Gasteiger partial charge < -0.3 is 10.5 Å². The molecule has 3 rings (SSSR count). The molecule has 0 aliphatic carbocycles. The number of rotatable bonds is 4. The van der Waals surface area contributed by atoms with E-state index in [9.17, 15) is 0 Å². The third-order valence-electron chi connectivity index (χ3n) is 4.33. The molecule has 1 unspecified atom stereocenters. The van der Waals surface area contributed by atoms with E-state index in [1.165, 1.54) is 6.42 Å². The second-order valence-corrected chi connectivity index (χ2v) is 6.11. The number of aromatic nitrogens is 2.